The first-order chi connectivity index (χ1) is 15.2. The van der Waals surface area contributed by atoms with Crippen molar-refractivity contribution in [1.82, 2.24) is 30.6 Å². The van der Waals surface area contributed by atoms with Crippen molar-refractivity contribution >= 4 is 5.91 Å². The number of pyridine rings is 1. The lowest BCUT2D eigenvalue weighted by molar-refractivity contribution is 0.0948. The first kappa shape index (κ1) is 19.0. The minimum absolute atomic E-state index is 0.191. The number of carbonyl (C=O) groups excluding carboxylic acids is 1. The van der Waals surface area contributed by atoms with Crippen LogP contribution in [0.5, 0.6) is 5.75 Å². The molecule has 3 aromatic heterocycles. The molecule has 4 aromatic rings. The van der Waals surface area contributed by atoms with E-state index in [-0.39, 0.29) is 5.91 Å². The minimum atomic E-state index is -0.191. The lowest BCUT2D eigenvalue weighted by atomic mass is 9.89. The average Bonchev–Trinajstić information content (AvgIpc) is 3.46. The minimum Gasteiger partial charge on any atom is -0.497 e. The number of aromatic nitrogens is 5. The van der Waals surface area contributed by atoms with E-state index in [9.17, 15) is 4.79 Å². The lowest BCUT2D eigenvalue weighted by Gasteiger charge is -2.16. The Labute approximate surface area is 177 Å². The van der Waals surface area contributed by atoms with Crippen LogP contribution in [0.1, 0.15) is 27.4 Å². The molecule has 2 N–H and O–H groups in total. The molecule has 0 fully saturated rings. The number of nitrogens with zero attached hydrogens (tertiary/aromatic N) is 4. The average molecular weight is 416 g/mol. The van der Waals surface area contributed by atoms with Crippen molar-refractivity contribution in [2.75, 3.05) is 13.7 Å². The molecule has 0 saturated heterocycles. The van der Waals surface area contributed by atoms with E-state index in [1.165, 1.54) is 5.56 Å². The van der Waals surface area contributed by atoms with Gasteiger partial charge in [0.05, 0.1) is 12.8 Å². The molecule has 0 radical (unpaired) electrons. The predicted octanol–water partition coefficient (Wildman–Crippen LogP) is 2.60. The highest BCUT2D eigenvalue weighted by molar-refractivity contribution is 5.96. The van der Waals surface area contributed by atoms with Gasteiger partial charge in [0.1, 0.15) is 11.4 Å². The van der Waals surface area contributed by atoms with Crippen molar-refractivity contribution < 1.29 is 14.1 Å². The number of aromatic amines is 1. The Kier molecular flexibility index (Phi) is 4.91. The summed E-state index contributed by atoms with van der Waals surface area (Å²) in [6.07, 6.45) is 5.37. The third-order valence-corrected chi connectivity index (χ3v) is 5.34. The van der Waals surface area contributed by atoms with Crippen molar-refractivity contribution in [3.63, 3.8) is 0 Å². The standard InChI is InChI=1S/C22H20N6O3/c1-30-15-3-5-16-14(12-15)2-4-17-19(16)26-27-20(17)21(29)24-11-8-18-25-22(31-28-18)13-6-9-23-10-7-13/h3,5-7,9-10,12H,2,4,8,11H2,1H3,(H,24,29)(H,26,27). The summed E-state index contributed by atoms with van der Waals surface area (Å²) in [6, 6.07) is 9.53. The van der Waals surface area contributed by atoms with Crippen LogP contribution < -0.4 is 10.1 Å². The molecule has 0 bridgehead atoms. The van der Waals surface area contributed by atoms with Crippen LogP contribution in [0.2, 0.25) is 0 Å². The predicted molar refractivity (Wildman–Crippen MR) is 112 cm³/mol. The van der Waals surface area contributed by atoms with Gasteiger partial charge in [0.2, 0.25) is 0 Å². The Balaban J connectivity index is 1.24. The van der Waals surface area contributed by atoms with Gasteiger partial charge in [-0.1, -0.05) is 5.16 Å². The molecular weight excluding hydrogens is 396 g/mol. The first-order valence-corrected chi connectivity index (χ1v) is 9.98. The van der Waals surface area contributed by atoms with Crippen molar-refractivity contribution in [2.45, 2.75) is 19.3 Å². The number of aryl methyl sites for hydroxylation is 1. The molecule has 0 spiro atoms. The third-order valence-electron chi connectivity index (χ3n) is 5.34. The molecule has 1 amide bonds. The normalized spacial score (nSPS) is 12.2. The van der Waals surface area contributed by atoms with E-state index >= 15 is 0 Å². The number of H-pyrrole nitrogens is 1. The van der Waals surface area contributed by atoms with Crippen molar-refractivity contribution in [1.29, 1.82) is 0 Å². The smallest absolute Gasteiger partial charge is 0.269 e. The van der Waals surface area contributed by atoms with Crippen LogP contribution in [0, 0.1) is 0 Å². The topological polar surface area (TPSA) is 119 Å². The van der Waals surface area contributed by atoms with Crippen molar-refractivity contribution in [3.05, 3.63) is 65.4 Å². The fourth-order valence-corrected chi connectivity index (χ4v) is 3.76. The van der Waals surface area contributed by atoms with Gasteiger partial charge in [-0.15, -0.1) is 0 Å². The number of hydrogen-bond acceptors (Lipinski definition) is 7. The van der Waals surface area contributed by atoms with Crippen LogP contribution in [-0.2, 0) is 19.3 Å². The number of nitrogens with one attached hydrogen (secondary N) is 2. The highest BCUT2D eigenvalue weighted by Crippen LogP contribution is 2.35. The summed E-state index contributed by atoms with van der Waals surface area (Å²) >= 11 is 0. The molecule has 1 aromatic carbocycles. The Morgan fingerprint density at radius 2 is 2.10 bits per heavy atom. The van der Waals surface area contributed by atoms with E-state index in [4.69, 9.17) is 9.26 Å². The van der Waals surface area contributed by atoms with Gasteiger partial charge in [0, 0.05) is 42.0 Å². The summed E-state index contributed by atoms with van der Waals surface area (Å²) in [5, 5.41) is 14.2. The molecule has 9 nitrogen and oxygen atoms in total. The van der Waals surface area contributed by atoms with E-state index in [0.29, 0.717) is 30.4 Å². The van der Waals surface area contributed by atoms with E-state index in [0.717, 1.165) is 41.0 Å². The number of rotatable bonds is 6. The molecule has 0 unspecified atom stereocenters. The van der Waals surface area contributed by atoms with Gasteiger partial charge in [0.15, 0.2) is 5.82 Å². The maximum absolute atomic E-state index is 12.7. The van der Waals surface area contributed by atoms with Gasteiger partial charge in [0.25, 0.3) is 11.8 Å². The Morgan fingerprint density at radius 3 is 2.94 bits per heavy atom. The molecule has 31 heavy (non-hydrogen) atoms. The Morgan fingerprint density at radius 1 is 1.23 bits per heavy atom. The van der Waals surface area contributed by atoms with Crippen molar-refractivity contribution in [3.8, 4) is 28.5 Å². The number of benzene rings is 1. The largest absolute Gasteiger partial charge is 0.497 e. The Bertz CT molecular complexity index is 1230. The van der Waals surface area contributed by atoms with E-state index < -0.39 is 0 Å². The fourth-order valence-electron chi connectivity index (χ4n) is 3.76. The van der Waals surface area contributed by atoms with Crippen LogP contribution >= 0.6 is 0 Å². The van der Waals surface area contributed by atoms with E-state index in [1.807, 2.05) is 18.2 Å². The third kappa shape index (κ3) is 3.65. The molecule has 0 atom stereocenters. The molecular formula is C22H20N6O3. The van der Waals surface area contributed by atoms with Crippen LogP contribution in [-0.4, -0.2) is 44.9 Å². The molecule has 5 rings (SSSR count). The summed E-state index contributed by atoms with van der Waals surface area (Å²) in [4.78, 5) is 21.1. The van der Waals surface area contributed by atoms with E-state index in [1.54, 1.807) is 31.6 Å². The molecule has 3 heterocycles. The number of amides is 1. The number of ether oxygens (including phenoxy) is 1. The number of hydrogen-bond donors (Lipinski definition) is 2. The first-order valence-electron chi connectivity index (χ1n) is 9.98. The SMILES string of the molecule is COc1ccc2c(c1)CCc1c-2n[nH]c1C(=O)NCCc1noc(-c2ccncc2)n1. The fraction of sp³-hybridized carbons (Fsp3) is 0.227. The summed E-state index contributed by atoms with van der Waals surface area (Å²) < 4.78 is 10.6. The quantitative estimate of drug-likeness (QED) is 0.496. The molecule has 0 saturated carbocycles. The summed E-state index contributed by atoms with van der Waals surface area (Å²) in [5.41, 5.74) is 5.28. The highest BCUT2D eigenvalue weighted by Gasteiger charge is 2.25. The molecule has 156 valence electrons. The maximum atomic E-state index is 12.7. The zero-order chi connectivity index (χ0) is 21.2. The van der Waals surface area contributed by atoms with Crippen LogP contribution in [0.3, 0.4) is 0 Å². The Hall–Kier alpha value is -4.01. The molecule has 9 heteroatoms. The lowest BCUT2D eigenvalue weighted by Crippen LogP contribution is -2.27. The zero-order valence-corrected chi connectivity index (χ0v) is 16.9. The second-order valence-electron chi connectivity index (χ2n) is 7.21. The van der Waals surface area contributed by atoms with Crippen LogP contribution in [0.15, 0.2) is 47.2 Å². The summed E-state index contributed by atoms with van der Waals surface area (Å²) in [6.45, 7) is 0.385. The number of carbonyl (C=O) groups is 1. The molecule has 1 aliphatic rings. The van der Waals surface area contributed by atoms with Gasteiger partial charge in [-0.2, -0.15) is 10.1 Å². The van der Waals surface area contributed by atoms with Gasteiger partial charge in [-0.25, -0.2) is 0 Å². The van der Waals surface area contributed by atoms with Crippen LogP contribution in [0.4, 0.5) is 0 Å². The molecule has 1 aliphatic carbocycles. The number of methoxy groups -OCH3 is 1. The maximum Gasteiger partial charge on any atom is 0.269 e. The van der Waals surface area contributed by atoms with Crippen molar-refractivity contribution in [2.24, 2.45) is 0 Å². The zero-order valence-electron chi connectivity index (χ0n) is 16.9. The monoisotopic (exact) mass is 416 g/mol. The summed E-state index contributed by atoms with van der Waals surface area (Å²) in [5.74, 6) is 1.59. The van der Waals surface area contributed by atoms with Gasteiger partial charge < -0.3 is 14.6 Å². The van der Waals surface area contributed by atoms with Gasteiger partial charge in [-0.3, -0.25) is 14.9 Å². The number of fused-ring (bicyclic) bond motifs is 3. The van der Waals surface area contributed by atoms with Gasteiger partial charge in [-0.05, 0) is 48.7 Å². The van der Waals surface area contributed by atoms with Gasteiger partial charge >= 0.3 is 0 Å². The molecule has 0 aliphatic heterocycles. The van der Waals surface area contributed by atoms with E-state index in [2.05, 4.69) is 30.6 Å². The highest BCUT2D eigenvalue weighted by atomic mass is 16.5. The second kappa shape index (κ2) is 8.02. The van der Waals surface area contributed by atoms with Crippen LogP contribution in [0.25, 0.3) is 22.7 Å². The summed E-state index contributed by atoms with van der Waals surface area (Å²) in [7, 11) is 1.65. The second-order valence-corrected chi connectivity index (χ2v) is 7.21.